The minimum atomic E-state index is 0.868. The minimum absolute atomic E-state index is 0.868. The van der Waals surface area contributed by atoms with E-state index in [1.807, 2.05) is 36.4 Å². The van der Waals surface area contributed by atoms with Gasteiger partial charge in [0.25, 0.3) is 0 Å². The molecular weight excluding hydrogens is 330 g/mol. The maximum Gasteiger partial charge on any atom is 0.100 e. The molecule has 0 atom stereocenters. The lowest BCUT2D eigenvalue weighted by molar-refractivity contribution is 0.866. The maximum atomic E-state index is 4.53. The second-order valence-corrected chi connectivity index (χ2v) is 6.19. The number of benzene rings is 3. The average Bonchev–Trinajstić information content (AvgIpc) is 2.74. The molecule has 27 heavy (non-hydrogen) atoms. The van der Waals surface area contributed by atoms with Gasteiger partial charge in [0.1, 0.15) is 5.71 Å². The van der Waals surface area contributed by atoms with Crippen molar-refractivity contribution < 1.29 is 0 Å². The Balaban J connectivity index is 1.84. The van der Waals surface area contributed by atoms with Gasteiger partial charge in [0.15, 0.2) is 0 Å². The number of anilines is 1. The van der Waals surface area contributed by atoms with Gasteiger partial charge in [-0.3, -0.25) is 0 Å². The van der Waals surface area contributed by atoms with Crippen molar-refractivity contribution >= 4 is 17.6 Å². The molecule has 0 aliphatic rings. The van der Waals surface area contributed by atoms with Crippen molar-refractivity contribution in [2.45, 2.75) is 13.8 Å². The molecule has 0 amide bonds. The quantitative estimate of drug-likeness (QED) is 0.412. The van der Waals surface area contributed by atoms with E-state index in [9.17, 15) is 0 Å². The van der Waals surface area contributed by atoms with E-state index in [1.165, 1.54) is 5.69 Å². The lowest BCUT2D eigenvalue weighted by atomic mass is 10.0. The monoisotopic (exact) mass is 355 g/mol. The third kappa shape index (κ3) is 4.91. The molecule has 3 aromatic rings. The highest BCUT2D eigenvalue weighted by Crippen LogP contribution is 2.14. The van der Waals surface area contributed by atoms with E-state index in [-0.39, 0.29) is 0 Å². The number of rotatable bonds is 7. The first-order valence-electron chi connectivity index (χ1n) is 9.38. The smallest absolute Gasteiger partial charge is 0.100 e. The molecule has 0 N–H and O–H groups in total. The SMILES string of the molecule is CCN(CC)c1ccc(/C=N\N=C(c2ccccc2)c2ccccc2)cc1. The summed E-state index contributed by atoms with van der Waals surface area (Å²) in [6.45, 7) is 6.35. The summed E-state index contributed by atoms with van der Waals surface area (Å²) in [5, 5.41) is 8.88. The summed E-state index contributed by atoms with van der Waals surface area (Å²) >= 11 is 0. The van der Waals surface area contributed by atoms with Crippen LogP contribution in [-0.4, -0.2) is 25.0 Å². The molecule has 0 saturated carbocycles. The molecule has 0 aliphatic heterocycles. The van der Waals surface area contributed by atoms with E-state index in [1.54, 1.807) is 6.21 Å². The van der Waals surface area contributed by atoms with Gasteiger partial charge in [-0.1, -0.05) is 72.8 Å². The van der Waals surface area contributed by atoms with E-state index in [2.05, 4.69) is 77.5 Å². The molecule has 0 spiro atoms. The zero-order chi connectivity index (χ0) is 18.9. The van der Waals surface area contributed by atoms with Crippen LogP contribution in [0.15, 0.2) is 95.1 Å². The second kappa shape index (κ2) is 9.48. The van der Waals surface area contributed by atoms with Gasteiger partial charge in [-0.05, 0) is 31.5 Å². The molecule has 136 valence electrons. The predicted octanol–water partition coefficient (Wildman–Crippen LogP) is 5.40. The van der Waals surface area contributed by atoms with Crippen LogP contribution in [0.25, 0.3) is 0 Å². The van der Waals surface area contributed by atoms with Crippen molar-refractivity contribution in [2.24, 2.45) is 10.2 Å². The molecule has 0 bridgehead atoms. The average molecular weight is 355 g/mol. The fourth-order valence-corrected chi connectivity index (χ4v) is 2.99. The maximum absolute atomic E-state index is 4.53. The zero-order valence-corrected chi connectivity index (χ0v) is 15.9. The van der Waals surface area contributed by atoms with Gasteiger partial charge in [0.05, 0.1) is 6.21 Å². The van der Waals surface area contributed by atoms with Crippen LogP contribution in [0.4, 0.5) is 5.69 Å². The van der Waals surface area contributed by atoms with Crippen molar-refractivity contribution in [1.29, 1.82) is 0 Å². The molecule has 3 heteroatoms. The van der Waals surface area contributed by atoms with Gasteiger partial charge in [-0.2, -0.15) is 5.10 Å². The summed E-state index contributed by atoms with van der Waals surface area (Å²) in [4.78, 5) is 2.32. The third-order valence-corrected chi connectivity index (χ3v) is 4.48. The summed E-state index contributed by atoms with van der Waals surface area (Å²) in [6, 6.07) is 28.7. The summed E-state index contributed by atoms with van der Waals surface area (Å²) < 4.78 is 0. The largest absolute Gasteiger partial charge is 0.372 e. The van der Waals surface area contributed by atoms with Crippen LogP contribution in [0.1, 0.15) is 30.5 Å². The van der Waals surface area contributed by atoms with Gasteiger partial charge >= 0.3 is 0 Å². The molecule has 0 aliphatic carbocycles. The number of hydrogen-bond donors (Lipinski definition) is 0. The molecule has 3 nitrogen and oxygen atoms in total. The van der Waals surface area contributed by atoms with Crippen molar-refractivity contribution in [3.63, 3.8) is 0 Å². The molecule has 3 rings (SSSR count). The Kier molecular flexibility index (Phi) is 6.53. The van der Waals surface area contributed by atoms with E-state index in [4.69, 9.17) is 0 Å². The first kappa shape index (κ1) is 18.6. The van der Waals surface area contributed by atoms with Crippen molar-refractivity contribution in [3.8, 4) is 0 Å². The predicted molar refractivity (Wildman–Crippen MR) is 116 cm³/mol. The molecule has 0 aromatic heterocycles. The van der Waals surface area contributed by atoms with Gasteiger partial charge in [0, 0.05) is 29.9 Å². The molecular formula is C24H25N3. The van der Waals surface area contributed by atoms with Crippen molar-refractivity contribution in [3.05, 3.63) is 102 Å². The highest BCUT2D eigenvalue weighted by Gasteiger charge is 2.06. The fraction of sp³-hybridized carbons (Fsp3) is 0.167. The summed E-state index contributed by atoms with van der Waals surface area (Å²) in [5.41, 5.74) is 5.24. The lowest BCUT2D eigenvalue weighted by Gasteiger charge is -2.20. The Morgan fingerprint density at radius 1 is 0.741 bits per heavy atom. The lowest BCUT2D eigenvalue weighted by Crippen LogP contribution is -2.21. The summed E-state index contributed by atoms with van der Waals surface area (Å²) in [5.74, 6) is 0. The molecule has 0 fully saturated rings. The summed E-state index contributed by atoms with van der Waals surface area (Å²) in [6.07, 6.45) is 1.80. The van der Waals surface area contributed by atoms with Gasteiger partial charge < -0.3 is 4.90 Å². The zero-order valence-electron chi connectivity index (χ0n) is 15.9. The van der Waals surface area contributed by atoms with E-state index < -0.39 is 0 Å². The Labute approximate surface area is 161 Å². The highest BCUT2D eigenvalue weighted by atomic mass is 15.2. The Morgan fingerprint density at radius 2 is 1.26 bits per heavy atom. The van der Waals surface area contributed by atoms with Crippen LogP contribution in [0, 0.1) is 0 Å². The second-order valence-electron chi connectivity index (χ2n) is 6.19. The van der Waals surface area contributed by atoms with Crippen LogP contribution < -0.4 is 4.90 Å². The first-order valence-corrected chi connectivity index (χ1v) is 9.38. The van der Waals surface area contributed by atoms with Gasteiger partial charge in [-0.25, -0.2) is 0 Å². The van der Waals surface area contributed by atoms with E-state index >= 15 is 0 Å². The number of nitrogens with zero attached hydrogens (tertiary/aromatic N) is 3. The van der Waals surface area contributed by atoms with Crippen LogP contribution in [-0.2, 0) is 0 Å². The van der Waals surface area contributed by atoms with Gasteiger partial charge in [0.2, 0.25) is 0 Å². The molecule has 3 aromatic carbocycles. The highest BCUT2D eigenvalue weighted by molar-refractivity contribution is 6.12. The Hall–Kier alpha value is -3.20. The van der Waals surface area contributed by atoms with Crippen LogP contribution in [0.3, 0.4) is 0 Å². The third-order valence-electron chi connectivity index (χ3n) is 4.48. The minimum Gasteiger partial charge on any atom is -0.372 e. The van der Waals surface area contributed by atoms with Gasteiger partial charge in [-0.15, -0.1) is 5.10 Å². The topological polar surface area (TPSA) is 28.0 Å². The van der Waals surface area contributed by atoms with Crippen molar-refractivity contribution in [1.82, 2.24) is 0 Å². The van der Waals surface area contributed by atoms with E-state index in [0.717, 1.165) is 35.5 Å². The van der Waals surface area contributed by atoms with E-state index in [0.29, 0.717) is 0 Å². The molecule has 0 heterocycles. The van der Waals surface area contributed by atoms with Crippen LogP contribution >= 0.6 is 0 Å². The molecule has 0 unspecified atom stereocenters. The number of hydrogen-bond acceptors (Lipinski definition) is 3. The molecule has 0 saturated heterocycles. The first-order chi connectivity index (χ1) is 13.3. The fourth-order valence-electron chi connectivity index (χ4n) is 2.99. The Bertz CT molecular complexity index is 836. The normalized spacial score (nSPS) is 10.7. The van der Waals surface area contributed by atoms with Crippen LogP contribution in [0.5, 0.6) is 0 Å². The molecule has 0 radical (unpaired) electrons. The van der Waals surface area contributed by atoms with Crippen LogP contribution in [0.2, 0.25) is 0 Å². The summed E-state index contributed by atoms with van der Waals surface area (Å²) in [7, 11) is 0. The Morgan fingerprint density at radius 3 is 1.74 bits per heavy atom. The van der Waals surface area contributed by atoms with Crippen molar-refractivity contribution in [2.75, 3.05) is 18.0 Å². The standard InChI is InChI=1S/C24H25N3/c1-3-27(4-2)23-17-15-20(16-18-23)19-25-26-24(21-11-7-5-8-12-21)22-13-9-6-10-14-22/h5-19H,3-4H2,1-2H3/b25-19-.